The molecule has 0 spiro atoms. The molecule has 0 unspecified atom stereocenters. The Hall–Kier alpha value is -1.64. The maximum atomic E-state index is 13.0. The number of hydrogen-bond donors (Lipinski definition) is 1. The molecule has 1 aromatic rings. The van der Waals surface area contributed by atoms with Gasteiger partial charge >= 0.3 is 0 Å². The molecule has 1 amide bonds. The minimum absolute atomic E-state index is 0.286. The number of rotatable bonds is 2. The highest BCUT2D eigenvalue weighted by molar-refractivity contribution is 5.90. The first-order chi connectivity index (χ1) is 6.09. The molecule has 0 aliphatic heterocycles. The van der Waals surface area contributed by atoms with Crippen molar-refractivity contribution < 1.29 is 9.18 Å². The van der Waals surface area contributed by atoms with Crippen molar-refractivity contribution in [2.24, 2.45) is 5.73 Å². The molecule has 2 nitrogen and oxygen atoms in total. The first-order valence-corrected chi connectivity index (χ1v) is 3.83. The van der Waals surface area contributed by atoms with E-state index >= 15 is 0 Å². The Morgan fingerprint density at radius 1 is 1.54 bits per heavy atom. The van der Waals surface area contributed by atoms with Crippen LogP contribution in [0.25, 0.3) is 6.08 Å². The lowest BCUT2D eigenvalue weighted by Gasteiger charge is -1.96. The van der Waals surface area contributed by atoms with Crippen LogP contribution in [0, 0.1) is 12.7 Å². The fourth-order valence-corrected chi connectivity index (χ4v) is 0.891. The van der Waals surface area contributed by atoms with Gasteiger partial charge in [-0.15, -0.1) is 0 Å². The minimum Gasteiger partial charge on any atom is -0.366 e. The Morgan fingerprint density at radius 3 is 2.77 bits per heavy atom. The van der Waals surface area contributed by atoms with Crippen LogP contribution in [0.1, 0.15) is 11.1 Å². The van der Waals surface area contributed by atoms with Crippen molar-refractivity contribution in [1.29, 1.82) is 0 Å². The normalized spacial score (nSPS) is 10.6. The van der Waals surface area contributed by atoms with Crippen molar-refractivity contribution in [1.82, 2.24) is 0 Å². The molecule has 0 saturated carbocycles. The summed E-state index contributed by atoms with van der Waals surface area (Å²) in [7, 11) is 0. The van der Waals surface area contributed by atoms with E-state index in [4.69, 9.17) is 5.73 Å². The Kier molecular flexibility index (Phi) is 2.80. The van der Waals surface area contributed by atoms with Gasteiger partial charge in [0, 0.05) is 6.08 Å². The van der Waals surface area contributed by atoms with Crippen LogP contribution in [0.2, 0.25) is 0 Å². The first kappa shape index (κ1) is 9.45. The summed E-state index contributed by atoms with van der Waals surface area (Å²) in [6.07, 6.45) is 2.68. The molecule has 1 rings (SSSR count). The van der Waals surface area contributed by atoms with Gasteiger partial charge in [0.25, 0.3) is 0 Å². The predicted molar refractivity (Wildman–Crippen MR) is 49.4 cm³/mol. The van der Waals surface area contributed by atoms with Crippen LogP contribution in [0.5, 0.6) is 0 Å². The average molecular weight is 179 g/mol. The highest BCUT2D eigenvalue weighted by Gasteiger charge is 1.96. The molecule has 0 radical (unpaired) electrons. The van der Waals surface area contributed by atoms with Crippen molar-refractivity contribution in [3.05, 3.63) is 41.2 Å². The number of carbonyl (C=O) groups is 1. The Morgan fingerprint density at radius 2 is 2.23 bits per heavy atom. The Balaban J connectivity index is 2.92. The van der Waals surface area contributed by atoms with Crippen LogP contribution in [0.4, 0.5) is 4.39 Å². The van der Waals surface area contributed by atoms with E-state index in [2.05, 4.69) is 0 Å². The quantitative estimate of drug-likeness (QED) is 0.689. The third-order valence-corrected chi connectivity index (χ3v) is 1.64. The van der Waals surface area contributed by atoms with Gasteiger partial charge in [0.2, 0.25) is 5.91 Å². The second-order valence-electron chi connectivity index (χ2n) is 2.74. The summed E-state index contributed by atoms with van der Waals surface area (Å²) in [6.45, 7) is 1.68. The smallest absolute Gasteiger partial charge is 0.241 e. The Bertz CT molecular complexity index is 358. The molecule has 0 heterocycles. The summed E-state index contributed by atoms with van der Waals surface area (Å²) in [5.41, 5.74) is 6.10. The summed E-state index contributed by atoms with van der Waals surface area (Å²) in [5, 5.41) is 0. The zero-order valence-corrected chi connectivity index (χ0v) is 7.25. The van der Waals surface area contributed by atoms with E-state index in [9.17, 15) is 9.18 Å². The molecule has 3 heteroatoms. The number of hydrogen-bond acceptors (Lipinski definition) is 1. The fourth-order valence-electron chi connectivity index (χ4n) is 0.891. The first-order valence-electron chi connectivity index (χ1n) is 3.83. The lowest BCUT2D eigenvalue weighted by atomic mass is 10.1. The second kappa shape index (κ2) is 3.85. The third kappa shape index (κ3) is 2.71. The van der Waals surface area contributed by atoms with Gasteiger partial charge in [0.05, 0.1) is 0 Å². The molecular weight excluding hydrogens is 169 g/mol. The van der Waals surface area contributed by atoms with E-state index in [1.807, 2.05) is 0 Å². The van der Waals surface area contributed by atoms with E-state index in [1.54, 1.807) is 19.1 Å². The predicted octanol–water partition coefficient (Wildman–Crippen LogP) is 1.63. The molecule has 13 heavy (non-hydrogen) atoms. The summed E-state index contributed by atoms with van der Waals surface area (Å²) >= 11 is 0. The molecule has 0 fully saturated rings. The summed E-state index contributed by atoms with van der Waals surface area (Å²) in [5.74, 6) is -0.826. The number of nitrogens with two attached hydrogens (primary N) is 1. The molecule has 68 valence electrons. The number of primary amides is 1. The van der Waals surface area contributed by atoms with E-state index in [0.29, 0.717) is 11.1 Å². The maximum Gasteiger partial charge on any atom is 0.241 e. The van der Waals surface area contributed by atoms with Crippen molar-refractivity contribution in [3.63, 3.8) is 0 Å². The second-order valence-corrected chi connectivity index (χ2v) is 2.74. The molecule has 0 bridgehead atoms. The van der Waals surface area contributed by atoms with Crippen LogP contribution in [0.15, 0.2) is 24.3 Å². The number of amides is 1. The Labute approximate surface area is 75.9 Å². The summed E-state index contributed by atoms with van der Waals surface area (Å²) in [6, 6.07) is 4.72. The average Bonchev–Trinajstić information content (AvgIpc) is 2.07. The number of aryl methyl sites for hydroxylation is 1. The molecule has 0 aromatic heterocycles. The van der Waals surface area contributed by atoms with Crippen LogP contribution in [-0.2, 0) is 4.79 Å². The molecular formula is C10H10FNO. The number of benzene rings is 1. The van der Waals surface area contributed by atoms with Gasteiger partial charge in [-0.1, -0.05) is 12.1 Å². The zero-order valence-electron chi connectivity index (χ0n) is 7.25. The van der Waals surface area contributed by atoms with Crippen molar-refractivity contribution in [2.75, 3.05) is 0 Å². The third-order valence-electron chi connectivity index (χ3n) is 1.64. The van der Waals surface area contributed by atoms with Crippen LogP contribution in [-0.4, -0.2) is 5.91 Å². The van der Waals surface area contributed by atoms with Crippen molar-refractivity contribution in [3.8, 4) is 0 Å². The summed E-state index contributed by atoms with van der Waals surface area (Å²) < 4.78 is 13.0. The topological polar surface area (TPSA) is 43.1 Å². The van der Waals surface area contributed by atoms with Crippen LogP contribution >= 0.6 is 0 Å². The zero-order chi connectivity index (χ0) is 9.84. The van der Waals surface area contributed by atoms with E-state index in [-0.39, 0.29) is 5.82 Å². The van der Waals surface area contributed by atoms with Gasteiger partial charge in [0.15, 0.2) is 0 Å². The lowest BCUT2D eigenvalue weighted by molar-refractivity contribution is -0.113. The highest BCUT2D eigenvalue weighted by Crippen LogP contribution is 2.10. The van der Waals surface area contributed by atoms with Crippen molar-refractivity contribution in [2.45, 2.75) is 6.92 Å². The van der Waals surface area contributed by atoms with Gasteiger partial charge in [-0.25, -0.2) is 4.39 Å². The molecule has 2 N–H and O–H groups in total. The minimum atomic E-state index is -0.541. The molecule has 0 saturated heterocycles. The number of halogens is 1. The van der Waals surface area contributed by atoms with Crippen LogP contribution < -0.4 is 5.73 Å². The largest absolute Gasteiger partial charge is 0.366 e. The van der Waals surface area contributed by atoms with Crippen LogP contribution in [0.3, 0.4) is 0 Å². The fraction of sp³-hybridized carbons (Fsp3) is 0.100. The number of carbonyl (C=O) groups excluding carboxylic acids is 1. The van der Waals surface area contributed by atoms with Gasteiger partial charge in [-0.3, -0.25) is 4.79 Å². The van der Waals surface area contributed by atoms with Gasteiger partial charge < -0.3 is 5.73 Å². The lowest BCUT2D eigenvalue weighted by Crippen LogP contribution is -2.05. The standard InChI is InChI=1S/C10H10FNO/c1-7-2-3-8(6-9(7)11)4-5-10(12)13/h2-6H,1H3,(H2,12,13)/b5-4-. The van der Waals surface area contributed by atoms with Gasteiger partial charge in [-0.05, 0) is 30.2 Å². The molecule has 1 aromatic carbocycles. The molecule has 0 atom stereocenters. The van der Waals surface area contributed by atoms with Gasteiger partial charge in [0.1, 0.15) is 5.82 Å². The van der Waals surface area contributed by atoms with E-state index in [1.165, 1.54) is 18.2 Å². The van der Waals surface area contributed by atoms with Gasteiger partial charge in [-0.2, -0.15) is 0 Å². The van der Waals surface area contributed by atoms with Crippen molar-refractivity contribution >= 4 is 12.0 Å². The molecule has 0 aliphatic carbocycles. The SMILES string of the molecule is Cc1ccc(/C=C\C(N)=O)cc1F. The van der Waals surface area contributed by atoms with E-state index in [0.717, 1.165) is 0 Å². The highest BCUT2D eigenvalue weighted by atomic mass is 19.1. The van der Waals surface area contributed by atoms with E-state index < -0.39 is 5.91 Å². The molecule has 0 aliphatic rings. The monoisotopic (exact) mass is 179 g/mol. The summed E-state index contributed by atoms with van der Waals surface area (Å²) in [4.78, 5) is 10.4. The maximum absolute atomic E-state index is 13.0.